The summed E-state index contributed by atoms with van der Waals surface area (Å²) in [7, 11) is 3.83. The van der Waals surface area contributed by atoms with Crippen molar-refractivity contribution in [2.45, 2.75) is 0 Å². The van der Waals surface area contributed by atoms with Gasteiger partial charge in [-0.1, -0.05) is 12.1 Å². The van der Waals surface area contributed by atoms with Crippen molar-refractivity contribution in [3.8, 4) is 5.75 Å². The molecule has 1 aliphatic rings. The molecule has 0 saturated carbocycles. The zero-order chi connectivity index (χ0) is 18.5. The molecule has 0 bridgehead atoms. The van der Waals surface area contributed by atoms with Crippen molar-refractivity contribution >= 4 is 17.5 Å². The number of hydrogen-bond donors (Lipinski definition) is 0. The first kappa shape index (κ1) is 17.9. The van der Waals surface area contributed by atoms with Gasteiger partial charge in [0.1, 0.15) is 0 Å². The lowest BCUT2D eigenvalue weighted by molar-refractivity contribution is -0.133. The summed E-state index contributed by atoms with van der Waals surface area (Å²) in [5, 5.41) is 8.42. The Morgan fingerprint density at radius 3 is 2.46 bits per heavy atom. The average molecular weight is 359 g/mol. The molecule has 3 rings (SSSR count). The Bertz CT molecular complexity index is 746. The van der Waals surface area contributed by atoms with Gasteiger partial charge in [-0.3, -0.25) is 4.79 Å². The van der Waals surface area contributed by atoms with E-state index in [0.29, 0.717) is 26.2 Å². The summed E-state index contributed by atoms with van der Waals surface area (Å²) in [4.78, 5) is 18.0. The number of ether oxygens (including phenoxy) is 1. The standard InChI is InChI=1S/C18H22FN5O2/c1-22(2)16-7-8-17(21-20-16)23-9-11-24(12-10-23)18(25)13-26-15-6-4-3-5-14(15)19/h3-8H,9-13H2,1-2H3. The van der Waals surface area contributed by atoms with Crippen LogP contribution < -0.4 is 14.5 Å². The second kappa shape index (κ2) is 7.99. The molecule has 8 heteroatoms. The van der Waals surface area contributed by atoms with Crippen LogP contribution in [0.4, 0.5) is 16.0 Å². The predicted octanol–water partition coefficient (Wildman–Crippen LogP) is 1.41. The number of amides is 1. The van der Waals surface area contributed by atoms with Crippen molar-refractivity contribution in [3.63, 3.8) is 0 Å². The van der Waals surface area contributed by atoms with Gasteiger partial charge < -0.3 is 19.4 Å². The number of carbonyl (C=O) groups is 1. The van der Waals surface area contributed by atoms with Crippen LogP contribution in [0, 0.1) is 5.82 Å². The van der Waals surface area contributed by atoms with Gasteiger partial charge in [-0.05, 0) is 24.3 Å². The molecule has 1 aromatic carbocycles. The van der Waals surface area contributed by atoms with Gasteiger partial charge in [0, 0.05) is 40.3 Å². The summed E-state index contributed by atoms with van der Waals surface area (Å²) >= 11 is 0. The lowest BCUT2D eigenvalue weighted by atomic mass is 10.3. The number of hydrogen-bond acceptors (Lipinski definition) is 6. The predicted molar refractivity (Wildman–Crippen MR) is 97.0 cm³/mol. The molecule has 1 aromatic heterocycles. The molecule has 0 aliphatic carbocycles. The van der Waals surface area contributed by atoms with Crippen molar-refractivity contribution in [1.29, 1.82) is 0 Å². The van der Waals surface area contributed by atoms with Gasteiger partial charge in [0.15, 0.2) is 29.8 Å². The Morgan fingerprint density at radius 2 is 1.85 bits per heavy atom. The van der Waals surface area contributed by atoms with Crippen LogP contribution in [-0.2, 0) is 4.79 Å². The van der Waals surface area contributed by atoms with E-state index in [-0.39, 0.29) is 18.3 Å². The van der Waals surface area contributed by atoms with Crippen molar-refractivity contribution in [3.05, 3.63) is 42.2 Å². The molecule has 0 N–H and O–H groups in total. The number of nitrogens with zero attached hydrogens (tertiary/aromatic N) is 5. The van der Waals surface area contributed by atoms with Crippen LogP contribution in [0.15, 0.2) is 36.4 Å². The third kappa shape index (κ3) is 4.19. The van der Waals surface area contributed by atoms with Crippen molar-refractivity contribution in [2.75, 3.05) is 56.7 Å². The molecule has 0 unspecified atom stereocenters. The van der Waals surface area contributed by atoms with Gasteiger partial charge in [-0.2, -0.15) is 0 Å². The fourth-order valence-electron chi connectivity index (χ4n) is 2.70. The molecular formula is C18H22FN5O2. The van der Waals surface area contributed by atoms with Gasteiger partial charge in [0.2, 0.25) is 0 Å². The summed E-state index contributed by atoms with van der Waals surface area (Å²) in [6, 6.07) is 9.92. The van der Waals surface area contributed by atoms with Crippen molar-refractivity contribution in [2.24, 2.45) is 0 Å². The fourth-order valence-corrected chi connectivity index (χ4v) is 2.70. The first-order chi connectivity index (χ1) is 12.5. The second-order valence-electron chi connectivity index (χ2n) is 6.23. The molecule has 2 aromatic rings. The van der Waals surface area contributed by atoms with Gasteiger partial charge in [-0.25, -0.2) is 4.39 Å². The first-order valence-electron chi connectivity index (χ1n) is 8.45. The minimum atomic E-state index is -0.468. The van der Waals surface area contributed by atoms with E-state index in [1.807, 2.05) is 31.1 Å². The zero-order valence-corrected chi connectivity index (χ0v) is 14.9. The van der Waals surface area contributed by atoms with Crippen molar-refractivity contribution < 1.29 is 13.9 Å². The molecular weight excluding hydrogens is 337 g/mol. The maximum atomic E-state index is 13.5. The fraction of sp³-hybridized carbons (Fsp3) is 0.389. The SMILES string of the molecule is CN(C)c1ccc(N2CCN(C(=O)COc3ccccc3F)CC2)nn1. The number of halogens is 1. The van der Waals surface area contributed by atoms with Gasteiger partial charge >= 0.3 is 0 Å². The first-order valence-corrected chi connectivity index (χ1v) is 8.45. The van der Waals surface area contributed by atoms with Gasteiger partial charge in [0.25, 0.3) is 5.91 Å². The Kier molecular flexibility index (Phi) is 5.50. The highest BCUT2D eigenvalue weighted by molar-refractivity contribution is 5.78. The van der Waals surface area contributed by atoms with E-state index in [1.54, 1.807) is 17.0 Å². The highest BCUT2D eigenvalue weighted by Crippen LogP contribution is 2.17. The topological polar surface area (TPSA) is 61.8 Å². The van der Waals surface area contributed by atoms with E-state index >= 15 is 0 Å². The third-order valence-corrected chi connectivity index (χ3v) is 4.24. The summed E-state index contributed by atoms with van der Waals surface area (Å²) in [5.74, 6) is 1.07. The van der Waals surface area contributed by atoms with E-state index < -0.39 is 5.82 Å². The Hall–Kier alpha value is -2.90. The number of piperazine rings is 1. The number of benzene rings is 1. The monoisotopic (exact) mass is 359 g/mol. The van der Waals surface area contributed by atoms with Crippen LogP contribution in [0.1, 0.15) is 0 Å². The largest absolute Gasteiger partial charge is 0.481 e. The number of aromatic nitrogens is 2. The summed E-state index contributed by atoms with van der Waals surface area (Å²) < 4.78 is 18.8. The van der Waals surface area contributed by atoms with Crippen molar-refractivity contribution in [1.82, 2.24) is 15.1 Å². The summed E-state index contributed by atoms with van der Waals surface area (Å²) in [6.45, 7) is 2.30. The summed E-state index contributed by atoms with van der Waals surface area (Å²) in [5.41, 5.74) is 0. The molecule has 1 saturated heterocycles. The third-order valence-electron chi connectivity index (χ3n) is 4.24. The Balaban J connectivity index is 1.50. The normalized spacial score (nSPS) is 14.3. The number of carbonyl (C=O) groups excluding carboxylic acids is 1. The van der Waals surface area contributed by atoms with Gasteiger partial charge in [0.05, 0.1) is 0 Å². The quantitative estimate of drug-likeness (QED) is 0.804. The molecule has 7 nitrogen and oxygen atoms in total. The number of rotatable bonds is 5. The van der Waals surface area contributed by atoms with Crippen LogP contribution in [0.25, 0.3) is 0 Å². The van der Waals surface area contributed by atoms with Gasteiger partial charge in [-0.15, -0.1) is 10.2 Å². The molecule has 0 spiro atoms. The van der Waals surface area contributed by atoms with E-state index in [0.717, 1.165) is 11.6 Å². The number of para-hydroxylation sites is 1. The Labute approximate surface area is 152 Å². The lowest BCUT2D eigenvalue weighted by Crippen LogP contribution is -2.50. The average Bonchev–Trinajstić information content (AvgIpc) is 2.67. The van der Waals surface area contributed by atoms with Crippen LogP contribution in [0.3, 0.4) is 0 Å². The highest BCUT2D eigenvalue weighted by atomic mass is 19.1. The molecule has 26 heavy (non-hydrogen) atoms. The number of anilines is 2. The maximum absolute atomic E-state index is 13.5. The second-order valence-corrected chi connectivity index (χ2v) is 6.23. The Morgan fingerprint density at radius 1 is 1.12 bits per heavy atom. The van der Waals surface area contributed by atoms with E-state index in [2.05, 4.69) is 15.1 Å². The molecule has 0 atom stereocenters. The lowest BCUT2D eigenvalue weighted by Gasteiger charge is -2.35. The van der Waals surface area contributed by atoms with Crippen LogP contribution in [0.5, 0.6) is 5.75 Å². The molecule has 0 radical (unpaired) electrons. The molecule has 2 heterocycles. The summed E-state index contributed by atoms with van der Waals surface area (Å²) in [6.07, 6.45) is 0. The van der Waals surface area contributed by atoms with E-state index in [9.17, 15) is 9.18 Å². The minimum absolute atomic E-state index is 0.0933. The molecule has 1 fully saturated rings. The van der Waals surface area contributed by atoms with E-state index in [4.69, 9.17) is 4.74 Å². The maximum Gasteiger partial charge on any atom is 0.260 e. The molecule has 1 amide bonds. The molecule has 138 valence electrons. The smallest absolute Gasteiger partial charge is 0.260 e. The highest BCUT2D eigenvalue weighted by Gasteiger charge is 2.22. The van der Waals surface area contributed by atoms with Crippen LogP contribution in [-0.4, -0.2) is 67.9 Å². The van der Waals surface area contributed by atoms with E-state index in [1.165, 1.54) is 12.1 Å². The van der Waals surface area contributed by atoms with Crippen LogP contribution in [0.2, 0.25) is 0 Å². The minimum Gasteiger partial charge on any atom is -0.481 e. The zero-order valence-electron chi connectivity index (χ0n) is 14.9. The molecule has 1 aliphatic heterocycles. The van der Waals surface area contributed by atoms with Crippen LogP contribution >= 0.6 is 0 Å².